The van der Waals surface area contributed by atoms with Crippen molar-refractivity contribution in [3.05, 3.63) is 52.5 Å². The van der Waals surface area contributed by atoms with Crippen LogP contribution in [-0.4, -0.2) is 33.1 Å². The number of carbonyl (C=O) groups excluding carboxylic acids is 1. The second-order valence-corrected chi connectivity index (χ2v) is 7.76. The van der Waals surface area contributed by atoms with Crippen LogP contribution in [0.15, 0.2) is 41.6 Å². The monoisotopic (exact) mass is 431 g/mol. The molecule has 3 N–H and O–H groups in total. The number of nitrogen functional groups attached to an aromatic ring is 1. The molecule has 0 aliphatic carbocycles. The summed E-state index contributed by atoms with van der Waals surface area (Å²) in [6.45, 7) is 6.39. The van der Waals surface area contributed by atoms with Crippen LogP contribution < -0.4 is 15.9 Å². The summed E-state index contributed by atoms with van der Waals surface area (Å²) in [7, 11) is 0. The van der Waals surface area contributed by atoms with Crippen LogP contribution in [0, 0.1) is 13.8 Å². The molecule has 2 aromatic carbocycles. The van der Waals surface area contributed by atoms with Crippen LogP contribution in [0.2, 0.25) is 5.02 Å². The number of aromatic nitrogens is 3. The summed E-state index contributed by atoms with van der Waals surface area (Å²) in [6, 6.07) is 11.2. The van der Waals surface area contributed by atoms with Crippen molar-refractivity contribution >= 4 is 35.0 Å². The molecule has 0 fully saturated rings. The number of ether oxygens (including phenoxy) is 1. The second-order valence-electron chi connectivity index (χ2n) is 6.41. The van der Waals surface area contributed by atoms with Gasteiger partial charge in [0, 0.05) is 5.56 Å². The predicted octanol–water partition coefficient (Wildman–Crippen LogP) is 4.06. The summed E-state index contributed by atoms with van der Waals surface area (Å²) >= 11 is 7.45. The van der Waals surface area contributed by atoms with E-state index in [2.05, 4.69) is 15.5 Å². The zero-order valence-corrected chi connectivity index (χ0v) is 18.0. The highest BCUT2D eigenvalue weighted by Gasteiger charge is 2.15. The minimum atomic E-state index is -0.200. The molecule has 7 nitrogen and oxygen atoms in total. The average Bonchev–Trinajstić information content (AvgIpc) is 3.04. The molecule has 0 unspecified atom stereocenters. The summed E-state index contributed by atoms with van der Waals surface area (Å²) in [4.78, 5) is 12.4. The van der Waals surface area contributed by atoms with E-state index < -0.39 is 0 Å². The van der Waals surface area contributed by atoms with Crippen LogP contribution in [-0.2, 0) is 4.79 Å². The molecule has 152 valence electrons. The lowest BCUT2D eigenvalue weighted by atomic mass is 10.1. The summed E-state index contributed by atoms with van der Waals surface area (Å²) in [6.07, 6.45) is 0. The van der Waals surface area contributed by atoms with E-state index in [1.165, 1.54) is 16.4 Å². The van der Waals surface area contributed by atoms with Gasteiger partial charge >= 0.3 is 0 Å². The molecule has 0 spiro atoms. The molecule has 29 heavy (non-hydrogen) atoms. The molecule has 1 heterocycles. The van der Waals surface area contributed by atoms with Gasteiger partial charge in [-0.15, -0.1) is 10.2 Å². The van der Waals surface area contributed by atoms with Gasteiger partial charge in [0.15, 0.2) is 5.82 Å². The van der Waals surface area contributed by atoms with Crippen LogP contribution >= 0.6 is 23.4 Å². The number of rotatable bonds is 7. The first-order valence-corrected chi connectivity index (χ1v) is 10.4. The highest BCUT2D eigenvalue weighted by Crippen LogP contribution is 2.28. The van der Waals surface area contributed by atoms with Crippen molar-refractivity contribution in [3.63, 3.8) is 0 Å². The van der Waals surface area contributed by atoms with Crippen LogP contribution in [0.25, 0.3) is 11.4 Å². The summed E-state index contributed by atoms with van der Waals surface area (Å²) in [5, 5.41) is 12.0. The Balaban J connectivity index is 1.65. The van der Waals surface area contributed by atoms with Crippen molar-refractivity contribution in [3.8, 4) is 17.1 Å². The van der Waals surface area contributed by atoms with Crippen molar-refractivity contribution in [1.82, 2.24) is 14.9 Å². The van der Waals surface area contributed by atoms with E-state index in [0.717, 1.165) is 22.4 Å². The average molecular weight is 432 g/mol. The topological polar surface area (TPSA) is 95.1 Å². The number of hydrogen-bond acceptors (Lipinski definition) is 6. The zero-order chi connectivity index (χ0) is 21.0. The third-order valence-corrected chi connectivity index (χ3v) is 5.36. The minimum Gasteiger partial charge on any atom is -0.494 e. The smallest absolute Gasteiger partial charge is 0.234 e. The summed E-state index contributed by atoms with van der Waals surface area (Å²) in [5.41, 5.74) is 3.38. The lowest BCUT2D eigenvalue weighted by molar-refractivity contribution is -0.113. The molecule has 9 heteroatoms. The van der Waals surface area contributed by atoms with Crippen molar-refractivity contribution in [1.29, 1.82) is 0 Å². The van der Waals surface area contributed by atoms with E-state index in [1.807, 2.05) is 57.2 Å². The third kappa shape index (κ3) is 5.02. The fourth-order valence-electron chi connectivity index (χ4n) is 2.82. The van der Waals surface area contributed by atoms with Crippen LogP contribution in [0.1, 0.15) is 18.1 Å². The lowest BCUT2D eigenvalue weighted by Gasteiger charge is -2.11. The van der Waals surface area contributed by atoms with Crippen molar-refractivity contribution < 1.29 is 9.53 Å². The maximum absolute atomic E-state index is 12.4. The van der Waals surface area contributed by atoms with E-state index in [4.69, 9.17) is 22.2 Å². The molecule has 1 aromatic heterocycles. The Labute approximate surface area is 178 Å². The van der Waals surface area contributed by atoms with Gasteiger partial charge in [-0.25, -0.2) is 4.68 Å². The number of carbonyl (C=O) groups is 1. The van der Waals surface area contributed by atoms with Crippen molar-refractivity contribution in [2.45, 2.75) is 25.9 Å². The van der Waals surface area contributed by atoms with Gasteiger partial charge in [-0.3, -0.25) is 4.79 Å². The number of benzene rings is 2. The standard InChI is InChI=1S/C20H22ClN5O2S/c1-4-28-15-7-5-14(6-8-15)19-24-25-20(26(19)22)29-11-17(27)23-18-13(3)9-12(2)10-16(18)21/h5-10H,4,11,22H2,1-3H3,(H,23,27). The van der Waals surface area contributed by atoms with E-state index in [0.29, 0.717) is 28.3 Å². The number of nitrogens with two attached hydrogens (primary N) is 1. The number of amides is 1. The largest absolute Gasteiger partial charge is 0.494 e. The number of nitrogens with zero attached hydrogens (tertiary/aromatic N) is 3. The third-order valence-electron chi connectivity index (χ3n) is 4.12. The predicted molar refractivity (Wildman–Crippen MR) is 117 cm³/mol. The maximum Gasteiger partial charge on any atom is 0.234 e. The van der Waals surface area contributed by atoms with Gasteiger partial charge < -0.3 is 15.9 Å². The van der Waals surface area contributed by atoms with Gasteiger partial charge in [0.05, 0.1) is 23.1 Å². The van der Waals surface area contributed by atoms with Crippen molar-refractivity contribution in [2.75, 3.05) is 23.5 Å². The minimum absolute atomic E-state index is 0.127. The first-order chi connectivity index (χ1) is 13.9. The van der Waals surface area contributed by atoms with Gasteiger partial charge in [0.1, 0.15) is 5.75 Å². The van der Waals surface area contributed by atoms with Gasteiger partial charge in [-0.2, -0.15) is 0 Å². The molecule has 3 aromatic rings. The van der Waals surface area contributed by atoms with Crippen LogP contribution in [0.3, 0.4) is 0 Å². The molecule has 1 amide bonds. The number of thioether (sulfide) groups is 1. The quantitative estimate of drug-likeness (QED) is 0.432. The van der Waals surface area contributed by atoms with E-state index >= 15 is 0 Å². The molecule has 0 radical (unpaired) electrons. The van der Waals surface area contributed by atoms with Crippen LogP contribution in [0.4, 0.5) is 5.69 Å². The zero-order valence-electron chi connectivity index (χ0n) is 16.4. The molecule has 3 rings (SSSR count). The summed E-state index contributed by atoms with van der Waals surface area (Å²) in [5.74, 6) is 7.33. The van der Waals surface area contributed by atoms with Gasteiger partial charge in [0.25, 0.3) is 0 Å². The van der Waals surface area contributed by atoms with Crippen molar-refractivity contribution in [2.24, 2.45) is 0 Å². The number of anilines is 1. The molecular weight excluding hydrogens is 410 g/mol. The highest BCUT2D eigenvalue weighted by atomic mass is 35.5. The number of hydrogen-bond donors (Lipinski definition) is 2. The number of nitrogens with one attached hydrogen (secondary N) is 1. The molecule has 0 saturated carbocycles. The lowest BCUT2D eigenvalue weighted by Crippen LogP contribution is -2.17. The molecular formula is C20H22ClN5O2S. The molecule has 0 saturated heterocycles. The highest BCUT2D eigenvalue weighted by molar-refractivity contribution is 7.99. The first kappa shape index (κ1) is 21.0. The Morgan fingerprint density at radius 1 is 1.24 bits per heavy atom. The van der Waals surface area contributed by atoms with Gasteiger partial charge in [-0.05, 0) is 62.2 Å². The first-order valence-electron chi connectivity index (χ1n) is 9.02. The number of aryl methyl sites for hydroxylation is 2. The summed E-state index contributed by atoms with van der Waals surface area (Å²) < 4.78 is 6.81. The van der Waals surface area contributed by atoms with Crippen LogP contribution in [0.5, 0.6) is 5.75 Å². The second kappa shape index (κ2) is 9.19. The maximum atomic E-state index is 12.4. The Hall–Kier alpha value is -2.71. The fourth-order valence-corrected chi connectivity index (χ4v) is 3.84. The molecule has 0 bridgehead atoms. The molecule has 0 atom stereocenters. The normalized spacial score (nSPS) is 10.8. The van der Waals surface area contributed by atoms with Gasteiger partial charge in [-0.1, -0.05) is 29.4 Å². The molecule has 0 aliphatic heterocycles. The van der Waals surface area contributed by atoms with E-state index in [1.54, 1.807) is 0 Å². The Bertz CT molecular complexity index is 997. The van der Waals surface area contributed by atoms with E-state index in [-0.39, 0.29) is 11.7 Å². The fraction of sp³-hybridized carbons (Fsp3) is 0.250. The Morgan fingerprint density at radius 3 is 2.62 bits per heavy atom. The molecule has 0 aliphatic rings. The SMILES string of the molecule is CCOc1ccc(-c2nnc(SCC(=O)Nc3c(C)cc(C)cc3Cl)n2N)cc1. The Morgan fingerprint density at radius 2 is 1.97 bits per heavy atom. The van der Waals surface area contributed by atoms with Gasteiger partial charge in [0.2, 0.25) is 11.1 Å². The Kier molecular flexibility index (Phi) is 6.66. The number of halogens is 1. The van der Waals surface area contributed by atoms with E-state index in [9.17, 15) is 4.79 Å².